The number of aromatic nitrogens is 1. The van der Waals surface area contributed by atoms with Crippen molar-refractivity contribution in [2.24, 2.45) is 5.92 Å². The second-order valence-electron chi connectivity index (χ2n) is 5.49. The molecule has 1 aromatic rings. The first-order valence-corrected chi connectivity index (χ1v) is 8.56. The summed E-state index contributed by atoms with van der Waals surface area (Å²) >= 11 is 1.56. The van der Waals surface area contributed by atoms with E-state index >= 15 is 0 Å². The molecule has 1 heterocycles. The van der Waals surface area contributed by atoms with Crippen LogP contribution in [0.5, 0.6) is 0 Å². The van der Waals surface area contributed by atoms with Crippen molar-refractivity contribution in [2.45, 2.75) is 52.1 Å². The minimum Gasteiger partial charge on any atom is -0.466 e. The highest BCUT2D eigenvalue weighted by Crippen LogP contribution is 2.30. The van der Waals surface area contributed by atoms with Gasteiger partial charge in [-0.25, -0.2) is 4.98 Å². The van der Waals surface area contributed by atoms with Gasteiger partial charge in [0.25, 0.3) is 0 Å². The Kier molecular flexibility index (Phi) is 8.14. The standard InChI is InChI=1S/C15H25N3O2S.ClH/c1-3-18(10-13-9-17-15(16)21-13)12-7-5-11(6-8-12)14(19)20-4-2;/h9,11-12H,3-8,10H2,1-2H3,(H2,16,17);1H. The van der Waals surface area contributed by atoms with Crippen LogP contribution in [-0.4, -0.2) is 35.0 Å². The first kappa shape index (κ1) is 19.2. The summed E-state index contributed by atoms with van der Waals surface area (Å²) in [5.41, 5.74) is 5.69. The van der Waals surface area contributed by atoms with E-state index in [9.17, 15) is 4.79 Å². The average molecular weight is 348 g/mol. The van der Waals surface area contributed by atoms with Crippen LogP contribution in [0.15, 0.2) is 6.20 Å². The van der Waals surface area contributed by atoms with Crippen molar-refractivity contribution in [3.8, 4) is 0 Å². The van der Waals surface area contributed by atoms with E-state index in [-0.39, 0.29) is 24.3 Å². The fourth-order valence-electron chi connectivity index (χ4n) is 3.03. The molecule has 0 bridgehead atoms. The molecule has 0 amide bonds. The number of halogens is 1. The molecule has 1 fully saturated rings. The number of carbonyl (C=O) groups is 1. The molecule has 0 aliphatic heterocycles. The lowest BCUT2D eigenvalue weighted by Crippen LogP contribution is -2.38. The molecule has 0 atom stereocenters. The van der Waals surface area contributed by atoms with Crippen molar-refractivity contribution in [3.05, 3.63) is 11.1 Å². The molecule has 1 saturated carbocycles. The van der Waals surface area contributed by atoms with E-state index in [2.05, 4.69) is 16.8 Å². The molecule has 5 nitrogen and oxygen atoms in total. The quantitative estimate of drug-likeness (QED) is 0.801. The number of hydrogen-bond donors (Lipinski definition) is 1. The molecule has 0 saturated heterocycles. The zero-order valence-corrected chi connectivity index (χ0v) is 14.9. The summed E-state index contributed by atoms with van der Waals surface area (Å²) in [6.45, 7) is 6.43. The van der Waals surface area contributed by atoms with Crippen LogP contribution in [0.4, 0.5) is 5.13 Å². The third-order valence-corrected chi connectivity index (χ3v) is 4.98. The van der Waals surface area contributed by atoms with Crippen LogP contribution < -0.4 is 5.73 Å². The number of anilines is 1. The topological polar surface area (TPSA) is 68.5 Å². The molecular weight excluding hydrogens is 322 g/mol. The largest absolute Gasteiger partial charge is 0.466 e. The first-order valence-electron chi connectivity index (χ1n) is 7.74. The van der Waals surface area contributed by atoms with Gasteiger partial charge < -0.3 is 10.5 Å². The Hall–Kier alpha value is -0.850. The number of nitrogen functional groups attached to an aromatic ring is 1. The maximum atomic E-state index is 11.8. The fraction of sp³-hybridized carbons (Fsp3) is 0.733. The number of carbonyl (C=O) groups excluding carboxylic acids is 1. The minimum absolute atomic E-state index is 0. The SMILES string of the molecule is CCOC(=O)C1CCC(N(CC)Cc2cnc(N)s2)CC1.Cl. The molecule has 1 aliphatic carbocycles. The molecule has 0 radical (unpaired) electrons. The van der Waals surface area contributed by atoms with Gasteiger partial charge in [0.2, 0.25) is 0 Å². The van der Waals surface area contributed by atoms with E-state index in [1.54, 1.807) is 11.3 Å². The van der Waals surface area contributed by atoms with Crippen LogP contribution >= 0.6 is 23.7 Å². The average Bonchev–Trinajstić information content (AvgIpc) is 2.90. The zero-order valence-electron chi connectivity index (χ0n) is 13.3. The summed E-state index contributed by atoms with van der Waals surface area (Å²) in [5.74, 6) is 0.0770. The lowest BCUT2D eigenvalue weighted by molar-refractivity contribution is -0.149. The summed E-state index contributed by atoms with van der Waals surface area (Å²) in [7, 11) is 0. The van der Waals surface area contributed by atoms with E-state index < -0.39 is 0 Å². The third kappa shape index (κ3) is 5.11. The highest BCUT2D eigenvalue weighted by Gasteiger charge is 2.29. The minimum atomic E-state index is -0.0192. The molecule has 1 aliphatic rings. The molecule has 2 rings (SSSR count). The number of rotatable bonds is 6. The monoisotopic (exact) mass is 347 g/mol. The van der Waals surface area contributed by atoms with Gasteiger partial charge in [0, 0.05) is 23.7 Å². The van der Waals surface area contributed by atoms with Crippen molar-refractivity contribution in [2.75, 3.05) is 18.9 Å². The van der Waals surface area contributed by atoms with Gasteiger partial charge in [-0.05, 0) is 39.2 Å². The summed E-state index contributed by atoms with van der Waals surface area (Å²) in [6, 6.07) is 0.545. The Morgan fingerprint density at radius 2 is 2.09 bits per heavy atom. The highest BCUT2D eigenvalue weighted by atomic mass is 35.5. The molecule has 7 heteroatoms. The lowest BCUT2D eigenvalue weighted by atomic mass is 9.85. The molecule has 1 aromatic heterocycles. The highest BCUT2D eigenvalue weighted by molar-refractivity contribution is 7.15. The van der Waals surface area contributed by atoms with E-state index in [4.69, 9.17) is 10.5 Å². The number of nitrogens with zero attached hydrogens (tertiary/aromatic N) is 2. The Bertz CT molecular complexity index is 461. The smallest absolute Gasteiger partial charge is 0.308 e. The molecule has 0 unspecified atom stereocenters. The van der Waals surface area contributed by atoms with Crippen molar-refractivity contribution in [1.82, 2.24) is 9.88 Å². The fourth-order valence-corrected chi connectivity index (χ4v) is 3.74. The van der Waals surface area contributed by atoms with Gasteiger partial charge in [0.05, 0.1) is 12.5 Å². The van der Waals surface area contributed by atoms with Gasteiger partial charge in [0.1, 0.15) is 0 Å². The van der Waals surface area contributed by atoms with Gasteiger partial charge in [-0.15, -0.1) is 23.7 Å². The normalized spacial score (nSPS) is 21.4. The van der Waals surface area contributed by atoms with Gasteiger partial charge >= 0.3 is 5.97 Å². The van der Waals surface area contributed by atoms with Crippen LogP contribution in [0.25, 0.3) is 0 Å². The van der Waals surface area contributed by atoms with E-state index in [1.165, 1.54) is 4.88 Å². The summed E-state index contributed by atoms with van der Waals surface area (Å²) in [6.07, 6.45) is 5.86. The number of hydrogen-bond acceptors (Lipinski definition) is 6. The lowest BCUT2D eigenvalue weighted by Gasteiger charge is -2.35. The van der Waals surface area contributed by atoms with Crippen LogP contribution in [0, 0.1) is 5.92 Å². The second kappa shape index (κ2) is 9.33. The van der Waals surface area contributed by atoms with Crippen molar-refractivity contribution >= 4 is 34.8 Å². The van der Waals surface area contributed by atoms with Crippen LogP contribution in [0.1, 0.15) is 44.4 Å². The molecular formula is C15H26ClN3O2S. The Morgan fingerprint density at radius 1 is 1.41 bits per heavy atom. The Labute approximate surface area is 142 Å². The summed E-state index contributed by atoms with van der Waals surface area (Å²) in [4.78, 5) is 19.6. The number of nitrogens with two attached hydrogens (primary N) is 1. The summed E-state index contributed by atoms with van der Waals surface area (Å²) in [5, 5.41) is 0.632. The molecule has 126 valence electrons. The predicted molar refractivity (Wildman–Crippen MR) is 92.2 cm³/mol. The van der Waals surface area contributed by atoms with E-state index in [0.29, 0.717) is 17.8 Å². The van der Waals surface area contributed by atoms with Gasteiger partial charge in [-0.3, -0.25) is 9.69 Å². The van der Waals surface area contributed by atoms with Crippen LogP contribution in [0.3, 0.4) is 0 Å². The molecule has 0 spiro atoms. The van der Waals surface area contributed by atoms with Crippen LogP contribution in [0.2, 0.25) is 0 Å². The van der Waals surface area contributed by atoms with Gasteiger partial charge in [-0.2, -0.15) is 0 Å². The maximum absolute atomic E-state index is 11.8. The van der Waals surface area contributed by atoms with E-state index in [0.717, 1.165) is 38.8 Å². The number of thiazole rings is 1. The van der Waals surface area contributed by atoms with Gasteiger partial charge in [0.15, 0.2) is 5.13 Å². The second-order valence-corrected chi connectivity index (χ2v) is 6.63. The summed E-state index contributed by atoms with van der Waals surface area (Å²) < 4.78 is 5.13. The van der Waals surface area contributed by atoms with Crippen molar-refractivity contribution in [1.29, 1.82) is 0 Å². The zero-order chi connectivity index (χ0) is 15.2. The maximum Gasteiger partial charge on any atom is 0.308 e. The first-order chi connectivity index (χ1) is 10.1. The molecule has 22 heavy (non-hydrogen) atoms. The van der Waals surface area contributed by atoms with E-state index in [1.807, 2.05) is 13.1 Å². The molecule has 0 aromatic carbocycles. The Morgan fingerprint density at radius 3 is 2.59 bits per heavy atom. The third-order valence-electron chi connectivity index (χ3n) is 4.17. The molecule has 2 N–H and O–H groups in total. The van der Waals surface area contributed by atoms with Crippen molar-refractivity contribution < 1.29 is 9.53 Å². The van der Waals surface area contributed by atoms with Crippen molar-refractivity contribution in [3.63, 3.8) is 0 Å². The van der Waals surface area contributed by atoms with Crippen LogP contribution in [-0.2, 0) is 16.1 Å². The predicted octanol–water partition coefficient (Wildman–Crippen LogP) is 3.09. The Balaban J connectivity index is 0.00000242. The number of esters is 1. The van der Waals surface area contributed by atoms with Gasteiger partial charge in [-0.1, -0.05) is 6.92 Å². The number of ether oxygens (including phenoxy) is 1.